The van der Waals surface area contributed by atoms with E-state index in [1.54, 1.807) is 10.8 Å². The lowest BCUT2D eigenvalue weighted by atomic mass is 10.1. The molecule has 168 valence electrons. The largest absolute Gasteiger partial charge is 0.457 e. The second kappa shape index (κ2) is 8.52. The molecule has 0 unspecified atom stereocenters. The van der Waals surface area contributed by atoms with E-state index in [1.807, 2.05) is 0 Å². The quantitative estimate of drug-likeness (QED) is 0.639. The molecule has 0 heterocycles. The van der Waals surface area contributed by atoms with Gasteiger partial charge in [0.1, 0.15) is 23.4 Å². The average Bonchev–Trinajstić information content (AvgIpc) is 2.92. The van der Waals surface area contributed by atoms with Crippen molar-refractivity contribution in [2.45, 2.75) is 37.1 Å². The smallest absolute Gasteiger partial charge is 0.303 e. The van der Waals surface area contributed by atoms with Crippen LogP contribution in [0.3, 0.4) is 0 Å². The van der Waals surface area contributed by atoms with Crippen LogP contribution in [0.5, 0.6) is 11.5 Å². The summed E-state index contributed by atoms with van der Waals surface area (Å²) in [5.41, 5.74) is -0.871. The number of esters is 1. The Labute approximate surface area is 181 Å². The van der Waals surface area contributed by atoms with Crippen LogP contribution in [0, 0.1) is 17.1 Å². The van der Waals surface area contributed by atoms with Crippen molar-refractivity contribution in [1.82, 2.24) is 4.72 Å². The fraction of sp³-hybridized carbons (Fsp3) is 0.250. The first-order valence-electron chi connectivity index (χ1n) is 9.02. The van der Waals surface area contributed by atoms with Crippen LogP contribution in [0.4, 0.5) is 8.78 Å². The molecule has 3 rings (SSSR count). The molecule has 1 aliphatic rings. The highest BCUT2D eigenvalue weighted by Gasteiger charge is 2.48. The SMILES string of the molecule is CC(=O)NS(=O)(=O)c1ccc(Oc2cc(F)cc(C#N)c2)c2c1[C@H](OC(C)=O)[C@H](F)[C@H]2O. The van der Waals surface area contributed by atoms with E-state index in [1.165, 1.54) is 6.07 Å². The number of nitrogens with zero attached hydrogens (tertiary/aromatic N) is 1. The van der Waals surface area contributed by atoms with Gasteiger partial charge in [0.2, 0.25) is 5.91 Å². The minimum Gasteiger partial charge on any atom is -0.457 e. The van der Waals surface area contributed by atoms with Crippen LogP contribution in [0.2, 0.25) is 0 Å². The number of hydrogen-bond donors (Lipinski definition) is 2. The highest BCUT2D eigenvalue weighted by molar-refractivity contribution is 7.90. The van der Waals surface area contributed by atoms with Crippen LogP contribution < -0.4 is 9.46 Å². The fourth-order valence-corrected chi connectivity index (χ4v) is 4.61. The van der Waals surface area contributed by atoms with Gasteiger partial charge >= 0.3 is 5.97 Å². The van der Waals surface area contributed by atoms with Gasteiger partial charge in [-0.2, -0.15) is 5.26 Å². The molecule has 2 aromatic rings. The number of carbonyl (C=O) groups is 2. The van der Waals surface area contributed by atoms with Crippen molar-refractivity contribution in [2.75, 3.05) is 0 Å². The third-order valence-electron chi connectivity index (χ3n) is 4.47. The van der Waals surface area contributed by atoms with E-state index in [0.29, 0.717) is 0 Å². The van der Waals surface area contributed by atoms with Crippen LogP contribution in [-0.2, 0) is 24.3 Å². The predicted octanol–water partition coefficient (Wildman–Crippen LogP) is 2.30. The second-order valence-electron chi connectivity index (χ2n) is 6.86. The standard InChI is InChI=1S/C20H16F2N2O7S/c1-9(25)24-32(28,29)15-4-3-14(31-13-6-11(8-23)5-12(21)7-13)16-17(15)20(30-10(2)26)18(22)19(16)27/h3-7,18-20,27H,1-2H3,(H,24,25)/t18-,19+,20+/m1/s1. The van der Waals surface area contributed by atoms with Gasteiger partial charge in [-0.3, -0.25) is 9.59 Å². The molecule has 0 fully saturated rings. The number of sulfonamides is 1. The van der Waals surface area contributed by atoms with Gasteiger partial charge in [-0.05, 0) is 24.3 Å². The molecule has 0 saturated heterocycles. The van der Waals surface area contributed by atoms with Crippen molar-refractivity contribution >= 4 is 21.9 Å². The fourth-order valence-electron chi connectivity index (χ4n) is 3.36. The van der Waals surface area contributed by atoms with E-state index in [4.69, 9.17) is 14.7 Å². The predicted molar refractivity (Wildman–Crippen MR) is 103 cm³/mol. The molecule has 1 aliphatic carbocycles. The van der Waals surface area contributed by atoms with Crippen LogP contribution in [0.25, 0.3) is 0 Å². The van der Waals surface area contributed by atoms with Crippen LogP contribution >= 0.6 is 0 Å². The Morgan fingerprint density at radius 2 is 1.88 bits per heavy atom. The molecule has 0 saturated carbocycles. The maximum Gasteiger partial charge on any atom is 0.303 e. The molecule has 9 nitrogen and oxygen atoms in total. The number of aliphatic hydroxyl groups is 1. The zero-order valence-corrected chi connectivity index (χ0v) is 17.4. The molecule has 1 amide bonds. The zero-order chi connectivity index (χ0) is 23.8. The van der Waals surface area contributed by atoms with Gasteiger partial charge in [0.15, 0.2) is 12.3 Å². The molecule has 12 heteroatoms. The average molecular weight is 466 g/mol. The summed E-state index contributed by atoms with van der Waals surface area (Å²) in [5.74, 6) is -3.12. The first-order chi connectivity index (χ1) is 14.9. The van der Waals surface area contributed by atoms with Crippen LogP contribution in [0.15, 0.2) is 35.2 Å². The van der Waals surface area contributed by atoms with Gasteiger partial charge in [0, 0.05) is 31.0 Å². The Bertz CT molecular complexity index is 1260. The first kappa shape index (κ1) is 23.1. The molecular weight excluding hydrogens is 450 g/mol. The molecule has 32 heavy (non-hydrogen) atoms. The highest BCUT2D eigenvalue weighted by atomic mass is 32.2. The van der Waals surface area contributed by atoms with E-state index in [-0.39, 0.29) is 22.6 Å². The monoisotopic (exact) mass is 466 g/mol. The Morgan fingerprint density at radius 1 is 1.19 bits per heavy atom. The Kier molecular flexibility index (Phi) is 6.16. The maximum absolute atomic E-state index is 14.9. The summed E-state index contributed by atoms with van der Waals surface area (Å²) in [6.07, 6.45) is -6.05. The van der Waals surface area contributed by atoms with E-state index < -0.39 is 56.6 Å². The third kappa shape index (κ3) is 4.39. The molecule has 3 atom stereocenters. The van der Waals surface area contributed by atoms with Gasteiger partial charge in [-0.15, -0.1) is 0 Å². The van der Waals surface area contributed by atoms with Crippen molar-refractivity contribution in [1.29, 1.82) is 5.26 Å². The lowest BCUT2D eigenvalue weighted by Crippen LogP contribution is -2.29. The second-order valence-corrected chi connectivity index (χ2v) is 8.51. The number of alkyl halides is 1. The lowest BCUT2D eigenvalue weighted by Gasteiger charge is -2.18. The Hall–Kier alpha value is -3.56. The topological polar surface area (TPSA) is 143 Å². The minimum atomic E-state index is -4.53. The summed E-state index contributed by atoms with van der Waals surface area (Å²) < 4.78 is 66.1. The highest BCUT2D eigenvalue weighted by Crippen LogP contribution is 2.50. The lowest BCUT2D eigenvalue weighted by molar-refractivity contribution is -0.151. The Morgan fingerprint density at radius 3 is 2.47 bits per heavy atom. The molecule has 0 spiro atoms. The van der Waals surface area contributed by atoms with Gasteiger partial charge in [-0.1, -0.05) is 0 Å². The summed E-state index contributed by atoms with van der Waals surface area (Å²) in [7, 11) is -4.53. The van der Waals surface area contributed by atoms with E-state index in [2.05, 4.69) is 0 Å². The summed E-state index contributed by atoms with van der Waals surface area (Å²) in [4.78, 5) is 22.2. The van der Waals surface area contributed by atoms with Crippen molar-refractivity contribution in [3.05, 3.63) is 52.8 Å². The van der Waals surface area contributed by atoms with E-state index in [9.17, 15) is 31.9 Å². The first-order valence-corrected chi connectivity index (χ1v) is 10.5. The number of hydrogen-bond acceptors (Lipinski definition) is 8. The number of benzene rings is 2. The maximum atomic E-state index is 14.9. The Balaban J connectivity index is 2.22. The summed E-state index contributed by atoms with van der Waals surface area (Å²) in [6.45, 7) is 1.91. The van der Waals surface area contributed by atoms with Gasteiger partial charge in [0.25, 0.3) is 10.0 Å². The van der Waals surface area contributed by atoms with Gasteiger partial charge in [-0.25, -0.2) is 21.9 Å². The molecule has 0 aliphatic heterocycles. The van der Waals surface area contributed by atoms with E-state index in [0.717, 1.165) is 38.1 Å². The molecular formula is C20H16F2N2O7S. The van der Waals surface area contributed by atoms with Crippen molar-refractivity contribution < 1.29 is 41.4 Å². The number of carbonyl (C=O) groups excluding carboxylic acids is 2. The summed E-state index contributed by atoms with van der Waals surface area (Å²) in [5, 5.41) is 19.5. The number of nitriles is 1. The zero-order valence-electron chi connectivity index (χ0n) is 16.6. The number of aliphatic hydroxyl groups excluding tert-OH is 1. The number of fused-ring (bicyclic) bond motifs is 1. The molecule has 0 aromatic heterocycles. The van der Waals surface area contributed by atoms with E-state index >= 15 is 0 Å². The molecule has 2 aromatic carbocycles. The van der Waals surface area contributed by atoms with Gasteiger partial charge in [0.05, 0.1) is 16.5 Å². The number of ether oxygens (including phenoxy) is 2. The van der Waals surface area contributed by atoms with Crippen molar-refractivity contribution in [3.8, 4) is 17.6 Å². The number of halogens is 2. The number of amides is 1. The van der Waals surface area contributed by atoms with Gasteiger partial charge < -0.3 is 14.6 Å². The number of rotatable bonds is 5. The number of nitrogens with one attached hydrogen (secondary N) is 1. The minimum absolute atomic E-state index is 0.0804. The molecule has 0 bridgehead atoms. The summed E-state index contributed by atoms with van der Waals surface area (Å²) in [6, 6.07) is 6.81. The van der Waals surface area contributed by atoms with Crippen LogP contribution in [-0.4, -0.2) is 31.6 Å². The van der Waals surface area contributed by atoms with Crippen molar-refractivity contribution in [2.24, 2.45) is 0 Å². The molecule has 2 N–H and O–H groups in total. The van der Waals surface area contributed by atoms with Crippen LogP contribution in [0.1, 0.15) is 42.7 Å². The molecule has 0 radical (unpaired) electrons. The normalized spacial score (nSPS) is 19.6. The van der Waals surface area contributed by atoms with Crippen molar-refractivity contribution in [3.63, 3.8) is 0 Å². The summed E-state index contributed by atoms with van der Waals surface area (Å²) >= 11 is 0. The third-order valence-corrected chi connectivity index (χ3v) is 5.96.